The van der Waals surface area contributed by atoms with E-state index in [0.717, 1.165) is 18.4 Å². The van der Waals surface area contributed by atoms with Crippen molar-refractivity contribution in [3.63, 3.8) is 0 Å². The second-order valence-corrected chi connectivity index (χ2v) is 9.89. The molecule has 4 aliphatic carbocycles. The number of aliphatic hydroxyl groups excluding tert-OH is 2. The van der Waals surface area contributed by atoms with Crippen molar-refractivity contribution in [1.29, 1.82) is 0 Å². The summed E-state index contributed by atoms with van der Waals surface area (Å²) in [4.78, 5) is 24.3. The van der Waals surface area contributed by atoms with Gasteiger partial charge in [-0.15, -0.1) is 0 Å². The monoisotopic (exact) mass is 374 g/mol. The Morgan fingerprint density at radius 2 is 1.96 bits per heavy atom. The number of carbonyl (C=O) groups excluding carboxylic acids is 2. The van der Waals surface area contributed by atoms with Gasteiger partial charge in [-0.2, -0.15) is 0 Å². The number of fused-ring (bicyclic) bond motifs is 5. The second kappa shape index (κ2) is 5.62. The summed E-state index contributed by atoms with van der Waals surface area (Å²) < 4.78 is 0. The molecule has 4 aliphatic rings. The van der Waals surface area contributed by atoms with E-state index >= 15 is 0 Å². The summed E-state index contributed by atoms with van der Waals surface area (Å²) in [5.41, 5.74) is -1.91. The van der Waals surface area contributed by atoms with Crippen molar-refractivity contribution in [2.24, 2.45) is 28.1 Å². The van der Waals surface area contributed by atoms with Gasteiger partial charge in [0.1, 0.15) is 12.2 Å². The summed E-state index contributed by atoms with van der Waals surface area (Å²) in [5, 5.41) is 32.0. The molecule has 0 radical (unpaired) electrons. The standard InChI is InChI=1S/C22H30O5/c1-19-8-5-14(24)10-13(19)4-7-20(2)16-6-9-22(27,17(26)12-23)21(16,3)11-15(25)18(19)20/h5,8,10,15-16,18,23,25,27H,4,6-7,9,11-12H2,1-3H3/t15?,16-,18+,19-,20+,21-,22-/m0/s1. The molecule has 4 rings (SSSR count). The van der Waals surface area contributed by atoms with E-state index in [0.29, 0.717) is 19.3 Å². The van der Waals surface area contributed by atoms with Crippen molar-refractivity contribution in [3.8, 4) is 0 Å². The number of hydrogen-bond donors (Lipinski definition) is 3. The molecule has 0 bridgehead atoms. The van der Waals surface area contributed by atoms with Crippen LogP contribution in [0.2, 0.25) is 0 Å². The first-order chi connectivity index (χ1) is 12.5. The predicted molar refractivity (Wildman–Crippen MR) is 99.7 cm³/mol. The predicted octanol–water partition coefficient (Wildman–Crippen LogP) is 1.95. The molecule has 0 aromatic rings. The number of carbonyl (C=O) groups is 2. The number of ketones is 2. The molecule has 3 fully saturated rings. The minimum absolute atomic E-state index is 0.00463. The van der Waals surface area contributed by atoms with Crippen LogP contribution in [0.4, 0.5) is 0 Å². The Kier molecular flexibility index (Phi) is 3.96. The second-order valence-electron chi connectivity index (χ2n) is 9.89. The SMILES string of the molecule is C[C@]12CCC3=CC(=O)C=C[C@]3(C)[C@H]1C(O)C[C@@]1(C)[C@H]2CC[C@]1(O)C(=O)CO. The van der Waals surface area contributed by atoms with Crippen molar-refractivity contribution in [3.05, 3.63) is 23.8 Å². The van der Waals surface area contributed by atoms with E-state index in [1.54, 1.807) is 12.2 Å². The minimum Gasteiger partial charge on any atom is -0.393 e. The van der Waals surface area contributed by atoms with Crippen LogP contribution in [-0.2, 0) is 9.59 Å². The van der Waals surface area contributed by atoms with Crippen LogP contribution in [0.1, 0.15) is 52.9 Å². The van der Waals surface area contributed by atoms with E-state index in [9.17, 15) is 24.9 Å². The molecule has 0 amide bonds. The molecule has 0 aliphatic heterocycles. The molecule has 0 aromatic carbocycles. The first kappa shape index (κ1) is 19.0. The molecular weight excluding hydrogens is 344 g/mol. The zero-order valence-corrected chi connectivity index (χ0v) is 16.4. The van der Waals surface area contributed by atoms with Crippen LogP contribution in [0.5, 0.6) is 0 Å². The average molecular weight is 374 g/mol. The molecule has 5 heteroatoms. The molecule has 27 heavy (non-hydrogen) atoms. The van der Waals surface area contributed by atoms with E-state index in [-0.39, 0.29) is 28.4 Å². The highest BCUT2D eigenvalue weighted by Crippen LogP contribution is 2.71. The topological polar surface area (TPSA) is 94.8 Å². The Labute approximate surface area is 160 Å². The normalized spacial score (nSPS) is 51.3. The Balaban J connectivity index is 1.81. The van der Waals surface area contributed by atoms with Crippen LogP contribution in [0.25, 0.3) is 0 Å². The van der Waals surface area contributed by atoms with Crippen molar-refractivity contribution < 1.29 is 24.9 Å². The molecule has 1 unspecified atom stereocenters. The highest BCUT2D eigenvalue weighted by atomic mass is 16.3. The van der Waals surface area contributed by atoms with E-state index in [1.165, 1.54) is 0 Å². The Bertz CT molecular complexity index is 769. The van der Waals surface area contributed by atoms with Crippen LogP contribution in [0, 0.1) is 28.1 Å². The van der Waals surface area contributed by atoms with Crippen molar-refractivity contribution in [2.45, 2.75) is 64.6 Å². The molecule has 3 saturated carbocycles. The smallest absolute Gasteiger partial charge is 0.190 e. The molecule has 5 nitrogen and oxygen atoms in total. The molecule has 148 valence electrons. The van der Waals surface area contributed by atoms with Gasteiger partial charge in [-0.1, -0.05) is 32.4 Å². The summed E-state index contributed by atoms with van der Waals surface area (Å²) in [7, 11) is 0. The maximum absolute atomic E-state index is 12.5. The van der Waals surface area contributed by atoms with Crippen LogP contribution >= 0.6 is 0 Å². The lowest BCUT2D eigenvalue weighted by Gasteiger charge is -2.64. The number of rotatable bonds is 2. The number of allylic oxidation sites excluding steroid dienone is 4. The van der Waals surface area contributed by atoms with E-state index in [2.05, 4.69) is 13.8 Å². The highest BCUT2D eigenvalue weighted by Gasteiger charge is 2.71. The quantitative estimate of drug-likeness (QED) is 0.687. The zero-order chi connectivity index (χ0) is 19.8. The number of Topliss-reactive ketones (excluding diaryl/α,β-unsaturated/α-hetero) is 1. The number of hydrogen-bond acceptors (Lipinski definition) is 5. The Morgan fingerprint density at radius 1 is 1.26 bits per heavy atom. The lowest BCUT2D eigenvalue weighted by Crippen LogP contribution is -2.65. The molecule has 0 spiro atoms. The molecule has 0 aromatic heterocycles. The Hall–Kier alpha value is -1.30. The first-order valence-electron chi connectivity index (χ1n) is 10.0. The number of aliphatic hydroxyl groups is 3. The maximum Gasteiger partial charge on any atom is 0.190 e. The molecule has 7 atom stereocenters. The van der Waals surface area contributed by atoms with Gasteiger partial charge < -0.3 is 15.3 Å². The fourth-order valence-electron chi connectivity index (χ4n) is 7.61. The van der Waals surface area contributed by atoms with Gasteiger partial charge in [0.15, 0.2) is 11.6 Å². The minimum atomic E-state index is -1.59. The van der Waals surface area contributed by atoms with E-state index < -0.39 is 29.5 Å². The van der Waals surface area contributed by atoms with Crippen LogP contribution in [-0.4, -0.2) is 45.2 Å². The molecule has 0 saturated heterocycles. The lowest BCUT2D eigenvalue weighted by atomic mass is 9.40. The fraction of sp³-hybridized carbons (Fsp3) is 0.727. The highest BCUT2D eigenvalue weighted by molar-refractivity contribution is 6.01. The lowest BCUT2D eigenvalue weighted by molar-refractivity contribution is -0.201. The Morgan fingerprint density at radius 3 is 2.63 bits per heavy atom. The zero-order valence-electron chi connectivity index (χ0n) is 16.4. The van der Waals surface area contributed by atoms with Crippen molar-refractivity contribution in [1.82, 2.24) is 0 Å². The van der Waals surface area contributed by atoms with Gasteiger partial charge in [-0.05, 0) is 55.6 Å². The summed E-state index contributed by atoms with van der Waals surface area (Å²) >= 11 is 0. The molecule has 3 N–H and O–H groups in total. The average Bonchev–Trinajstić information content (AvgIpc) is 2.87. The third-order valence-corrected chi connectivity index (χ3v) is 8.82. The third kappa shape index (κ3) is 2.16. The summed E-state index contributed by atoms with van der Waals surface area (Å²) in [5.74, 6) is -0.528. The van der Waals surface area contributed by atoms with Gasteiger partial charge in [0.2, 0.25) is 0 Å². The third-order valence-electron chi connectivity index (χ3n) is 8.82. The van der Waals surface area contributed by atoms with Gasteiger partial charge in [-0.25, -0.2) is 0 Å². The first-order valence-corrected chi connectivity index (χ1v) is 10.0. The molecular formula is C22H30O5. The summed E-state index contributed by atoms with van der Waals surface area (Å²) in [6.07, 6.45) is 7.55. The van der Waals surface area contributed by atoms with Gasteiger partial charge >= 0.3 is 0 Å². The van der Waals surface area contributed by atoms with Crippen LogP contribution < -0.4 is 0 Å². The maximum atomic E-state index is 12.5. The van der Waals surface area contributed by atoms with Gasteiger partial charge in [0, 0.05) is 16.7 Å². The van der Waals surface area contributed by atoms with E-state index in [4.69, 9.17) is 0 Å². The largest absolute Gasteiger partial charge is 0.393 e. The van der Waals surface area contributed by atoms with Gasteiger partial charge in [0.25, 0.3) is 0 Å². The van der Waals surface area contributed by atoms with Crippen molar-refractivity contribution >= 4 is 11.6 Å². The summed E-state index contributed by atoms with van der Waals surface area (Å²) in [6, 6.07) is 0. The van der Waals surface area contributed by atoms with E-state index in [1.807, 2.05) is 13.0 Å². The van der Waals surface area contributed by atoms with Crippen LogP contribution in [0.3, 0.4) is 0 Å². The van der Waals surface area contributed by atoms with Gasteiger partial charge in [-0.3, -0.25) is 9.59 Å². The molecule has 0 heterocycles. The summed E-state index contributed by atoms with van der Waals surface area (Å²) in [6.45, 7) is 5.53. The van der Waals surface area contributed by atoms with Gasteiger partial charge in [0.05, 0.1) is 6.10 Å². The fourth-order valence-corrected chi connectivity index (χ4v) is 7.61. The van der Waals surface area contributed by atoms with Crippen molar-refractivity contribution in [2.75, 3.05) is 6.61 Å². The van der Waals surface area contributed by atoms with Crippen LogP contribution in [0.15, 0.2) is 23.8 Å².